The first-order chi connectivity index (χ1) is 13.8. The van der Waals surface area contributed by atoms with Crippen LogP contribution in [0.1, 0.15) is 57.8 Å². The maximum absolute atomic E-state index is 10.8. The van der Waals surface area contributed by atoms with Crippen molar-refractivity contribution in [2.75, 3.05) is 0 Å². The number of hydrogen-bond donors (Lipinski definition) is 1. The highest BCUT2D eigenvalue weighted by atomic mass is 28.4. The van der Waals surface area contributed by atoms with Crippen molar-refractivity contribution in [3.8, 4) is 11.5 Å². The van der Waals surface area contributed by atoms with Crippen LogP contribution in [0, 0.1) is 0 Å². The van der Waals surface area contributed by atoms with Gasteiger partial charge in [0.2, 0.25) is 16.6 Å². The molecule has 5 heteroatoms. The van der Waals surface area contributed by atoms with Crippen LogP contribution in [-0.2, 0) is 0 Å². The van der Waals surface area contributed by atoms with Gasteiger partial charge in [-0.2, -0.15) is 0 Å². The van der Waals surface area contributed by atoms with Gasteiger partial charge in [-0.25, -0.2) is 0 Å². The molecule has 2 aromatic carbocycles. The Morgan fingerprint density at radius 1 is 0.800 bits per heavy atom. The second kappa shape index (κ2) is 9.71. The fraction of sp³-hybridized carbons (Fsp3) is 0.520. The maximum Gasteiger partial charge on any atom is 0.250 e. The van der Waals surface area contributed by atoms with E-state index in [-0.39, 0.29) is 5.04 Å². The molecule has 0 fully saturated rings. The Balaban J connectivity index is 2.05. The molecule has 0 spiro atoms. The molecule has 3 nitrogen and oxygen atoms in total. The predicted molar refractivity (Wildman–Crippen MR) is 133 cm³/mol. The zero-order valence-electron chi connectivity index (χ0n) is 20.1. The van der Waals surface area contributed by atoms with Gasteiger partial charge in [-0.05, 0) is 72.7 Å². The monoisotopic (exact) mass is 444 g/mol. The molecule has 0 saturated carbocycles. The SMILES string of the molecule is CCCC[Si](C)(C)Oc1ccc(C(O)c2ccc(O[Si](C)(C)C(C)(C)C)cc2)cc1. The Morgan fingerprint density at radius 3 is 1.63 bits per heavy atom. The van der Waals surface area contributed by atoms with Gasteiger partial charge in [0.15, 0.2) is 0 Å². The van der Waals surface area contributed by atoms with Crippen molar-refractivity contribution in [2.45, 2.75) is 83.9 Å². The van der Waals surface area contributed by atoms with Crippen LogP contribution in [-0.4, -0.2) is 21.7 Å². The summed E-state index contributed by atoms with van der Waals surface area (Å²) < 4.78 is 12.6. The van der Waals surface area contributed by atoms with Gasteiger partial charge < -0.3 is 14.0 Å². The Hall–Kier alpha value is -1.57. The third kappa shape index (κ3) is 6.72. The van der Waals surface area contributed by atoms with Crippen LogP contribution in [0.4, 0.5) is 0 Å². The molecule has 1 unspecified atom stereocenters. The van der Waals surface area contributed by atoms with E-state index in [9.17, 15) is 5.11 Å². The standard InChI is InChI=1S/C25H40O3Si2/c1-9-10-19-29(5,6)27-22-15-11-20(12-16-22)24(26)21-13-17-23(18-14-21)28-30(7,8)25(2,3)4/h11-18,24,26H,9-10,19H2,1-8H3. The molecular formula is C25H40O3Si2. The van der Waals surface area contributed by atoms with Crippen LogP contribution in [0.15, 0.2) is 48.5 Å². The molecule has 2 rings (SSSR count). The number of hydrogen-bond acceptors (Lipinski definition) is 3. The molecule has 0 amide bonds. The van der Waals surface area contributed by atoms with Gasteiger partial charge in [0.1, 0.15) is 17.6 Å². The van der Waals surface area contributed by atoms with E-state index < -0.39 is 22.7 Å². The molecule has 0 aliphatic heterocycles. The molecule has 0 aromatic heterocycles. The lowest BCUT2D eigenvalue weighted by Crippen LogP contribution is -2.43. The molecule has 2 aromatic rings. The first kappa shape index (κ1) is 24.7. The summed E-state index contributed by atoms with van der Waals surface area (Å²) in [5, 5.41) is 11.0. The molecular weight excluding hydrogens is 404 g/mol. The van der Waals surface area contributed by atoms with Gasteiger partial charge in [-0.1, -0.05) is 64.8 Å². The molecule has 0 radical (unpaired) electrons. The van der Waals surface area contributed by atoms with Crippen molar-refractivity contribution in [1.29, 1.82) is 0 Å². The maximum atomic E-state index is 10.8. The normalized spacial score (nSPS) is 13.8. The third-order valence-electron chi connectivity index (χ3n) is 6.10. The lowest BCUT2D eigenvalue weighted by Gasteiger charge is -2.36. The molecule has 0 heterocycles. The number of rotatable bonds is 9. The summed E-state index contributed by atoms with van der Waals surface area (Å²) in [4.78, 5) is 0. The smallest absolute Gasteiger partial charge is 0.250 e. The molecule has 1 N–H and O–H groups in total. The second-order valence-electron chi connectivity index (χ2n) is 10.4. The molecule has 0 saturated heterocycles. The minimum Gasteiger partial charge on any atom is -0.544 e. The zero-order chi connectivity index (χ0) is 22.6. The highest BCUT2D eigenvalue weighted by Crippen LogP contribution is 2.37. The summed E-state index contributed by atoms with van der Waals surface area (Å²) in [5.74, 6) is 1.78. The van der Waals surface area contributed by atoms with Gasteiger partial charge in [-0.3, -0.25) is 0 Å². The van der Waals surface area contributed by atoms with Crippen LogP contribution in [0.25, 0.3) is 0 Å². The molecule has 166 valence electrons. The highest BCUT2D eigenvalue weighted by molar-refractivity contribution is 6.74. The van der Waals surface area contributed by atoms with E-state index in [4.69, 9.17) is 8.85 Å². The number of aliphatic hydroxyl groups excluding tert-OH is 1. The summed E-state index contributed by atoms with van der Waals surface area (Å²) in [6, 6.07) is 16.9. The Morgan fingerprint density at radius 2 is 1.23 bits per heavy atom. The molecule has 0 aliphatic carbocycles. The molecule has 30 heavy (non-hydrogen) atoms. The van der Waals surface area contributed by atoms with Crippen molar-refractivity contribution < 1.29 is 14.0 Å². The Kier molecular flexibility index (Phi) is 7.99. The van der Waals surface area contributed by atoms with Gasteiger partial charge in [0.05, 0.1) is 0 Å². The zero-order valence-corrected chi connectivity index (χ0v) is 22.1. The first-order valence-electron chi connectivity index (χ1n) is 11.1. The number of unbranched alkanes of at least 4 members (excludes halogenated alkanes) is 1. The van der Waals surface area contributed by atoms with Crippen molar-refractivity contribution >= 4 is 16.6 Å². The topological polar surface area (TPSA) is 38.7 Å². The van der Waals surface area contributed by atoms with Gasteiger partial charge in [0.25, 0.3) is 0 Å². The summed E-state index contributed by atoms with van der Waals surface area (Å²) in [7, 11) is -3.55. The lowest BCUT2D eigenvalue weighted by molar-refractivity contribution is 0.220. The summed E-state index contributed by atoms with van der Waals surface area (Å²) in [6.07, 6.45) is 1.75. The van der Waals surface area contributed by atoms with E-state index in [1.165, 1.54) is 12.8 Å². The minimum atomic E-state index is -1.86. The van der Waals surface area contributed by atoms with Crippen molar-refractivity contribution in [3.63, 3.8) is 0 Å². The molecule has 0 bridgehead atoms. The average Bonchev–Trinajstić information content (AvgIpc) is 2.65. The van der Waals surface area contributed by atoms with Crippen LogP contribution in [0.2, 0.25) is 37.3 Å². The van der Waals surface area contributed by atoms with E-state index in [0.717, 1.165) is 28.7 Å². The van der Waals surface area contributed by atoms with Crippen molar-refractivity contribution in [1.82, 2.24) is 0 Å². The second-order valence-corrected chi connectivity index (χ2v) is 19.3. The first-order valence-corrected chi connectivity index (χ1v) is 17.1. The largest absolute Gasteiger partial charge is 0.544 e. The van der Waals surface area contributed by atoms with Gasteiger partial charge >= 0.3 is 0 Å². The van der Waals surface area contributed by atoms with E-state index >= 15 is 0 Å². The van der Waals surface area contributed by atoms with Crippen molar-refractivity contribution in [3.05, 3.63) is 59.7 Å². The average molecular weight is 445 g/mol. The Labute approximate surface area is 185 Å². The number of aliphatic hydroxyl groups is 1. The predicted octanol–water partition coefficient (Wildman–Crippen LogP) is 7.54. The summed E-state index contributed by atoms with van der Waals surface area (Å²) in [5.41, 5.74) is 1.73. The van der Waals surface area contributed by atoms with Crippen LogP contribution < -0.4 is 8.85 Å². The van der Waals surface area contributed by atoms with E-state index in [0.29, 0.717) is 0 Å². The summed E-state index contributed by atoms with van der Waals surface area (Å²) >= 11 is 0. The Bertz CT molecular complexity index is 791. The van der Waals surface area contributed by atoms with Gasteiger partial charge in [0, 0.05) is 0 Å². The van der Waals surface area contributed by atoms with E-state index in [2.05, 4.69) is 53.9 Å². The third-order valence-corrected chi connectivity index (χ3v) is 12.8. The van der Waals surface area contributed by atoms with Gasteiger partial charge in [-0.15, -0.1) is 0 Å². The van der Waals surface area contributed by atoms with Crippen molar-refractivity contribution in [2.24, 2.45) is 0 Å². The van der Waals surface area contributed by atoms with Crippen LogP contribution in [0.3, 0.4) is 0 Å². The van der Waals surface area contributed by atoms with Crippen LogP contribution in [0.5, 0.6) is 11.5 Å². The number of benzene rings is 2. The molecule has 1 atom stereocenters. The van der Waals surface area contributed by atoms with E-state index in [1.807, 2.05) is 48.5 Å². The van der Waals surface area contributed by atoms with Crippen LogP contribution >= 0.6 is 0 Å². The minimum absolute atomic E-state index is 0.156. The molecule has 0 aliphatic rings. The fourth-order valence-corrected chi connectivity index (χ4v) is 6.16. The lowest BCUT2D eigenvalue weighted by atomic mass is 10.0. The fourth-order valence-electron chi connectivity index (χ4n) is 3.05. The quantitative estimate of drug-likeness (QED) is 0.406. The summed E-state index contributed by atoms with van der Waals surface area (Å²) in [6.45, 7) is 17.9. The highest BCUT2D eigenvalue weighted by Gasteiger charge is 2.38. The van der Waals surface area contributed by atoms with E-state index in [1.54, 1.807) is 0 Å².